The Bertz CT molecular complexity index is 428. The molecular formula is C7H4FNO3S. The van der Waals surface area contributed by atoms with Crippen LogP contribution in [0.3, 0.4) is 0 Å². The van der Waals surface area contributed by atoms with Gasteiger partial charge in [-0.25, -0.2) is 4.39 Å². The van der Waals surface area contributed by atoms with Crippen LogP contribution in [0.1, 0.15) is 5.56 Å². The summed E-state index contributed by atoms with van der Waals surface area (Å²) in [4.78, 5) is 0. The van der Waals surface area contributed by atoms with Gasteiger partial charge in [-0.1, -0.05) is 0 Å². The summed E-state index contributed by atoms with van der Waals surface area (Å²) in [5, 5.41) is 8.46. The zero-order chi connectivity index (χ0) is 9.84. The fraction of sp³-hybridized carbons (Fsp3) is 0. The second-order valence-corrected chi connectivity index (χ2v) is 2.70. The molecule has 1 rings (SSSR count). The molecule has 0 aromatic heterocycles. The molecule has 1 aromatic carbocycles. The van der Waals surface area contributed by atoms with Gasteiger partial charge >= 0.3 is 0 Å². The first-order valence-corrected chi connectivity index (χ1v) is 4.25. The quantitative estimate of drug-likeness (QED) is 0.711. The molecule has 0 unspecified atom stereocenters. The smallest absolute Gasteiger partial charge is 0.299 e. The Morgan fingerprint density at radius 2 is 2.15 bits per heavy atom. The SMILES string of the molecule is N#Cc1cc(F)ccc1O[SH](=O)=O. The molecule has 0 aliphatic heterocycles. The van der Waals surface area contributed by atoms with Crippen LogP contribution in [0.2, 0.25) is 0 Å². The molecule has 0 fully saturated rings. The Labute approximate surface area is 75.3 Å². The van der Waals surface area contributed by atoms with Gasteiger partial charge in [0.25, 0.3) is 11.0 Å². The van der Waals surface area contributed by atoms with E-state index < -0.39 is 16.8 Å². The fourth-order valence-electron chi connectivity index (χ4n) is 0.749. The third kappa shape index (κ3) is 2.42. The van der Waals surface area contributed by atoms with Gasteiger partial charge in [0.05, 0.1) is 5.56 Å². The van der Waals surface area contributed by atoms with Crippen LogP contribution in [-0.4, -0.2) is 8.42 Å². The average molecular weight is 201 g/mol. The van der Waals surface area contributed by atoms with Crippen LogP contribution >= 0.6 is 0 Å². The molecule has 0 saturated carbocycles. The molecule has 0 amide bonds. The summed E-state index contributed by atoms with van der Waals surface area (Å²) < 4.78 is 37.0. The number of hydrogen-bond donors (Lipinski definition) is 1. The number of halogens is 1. The molecule has 4 nitrogen and oxygen atoms in total. The van der Waals surface area contributed by atoms with Crippen molar-refractivity contribution in [2.75, 3.05) is 0 Å². The zero-order valence-corrected chi connectivity index (χ0v) is 7.12. The molecule has 0 bridgehead atoms. The highest BCUT2D eigenvalue weighted by atomic mass is 32.2. The van der Waals surface area contributed by atoms with Crippen molar-refractivity contribution in [1.29, 1.82) is 5.26 Å². The van der Waals surface area contributed by atoms with E-state index in [4.69, 9.17) is 5.26 Å². The number of thiol groups is 1. The molecule has 1 aromatic rings. The Hall–Kier alpha value is -1.61. The topological polar surface area (TPSA) is 67.2 Å². The molecule has 0 heterocycles. The predicted octanol–water partition coefficient (Wildman–Crippen LogP) is 0.603. The van der Waals surface area contributed by atoms with Gasteiger partial charge in [-0.2, -0.15) is 13.7 Å². The third-order valence-corrected chi connectivity index (χ3v) is 1.58. The monoisotopic (exact) mass is 201 g/mol. The van der Waals surface area contributed by atoms with Crippen molar-refractivity contribution in [2.24, 2.45) is 0 Å². The van der Waals surface area contributed by atoms with E-state index in [2.05, 4.69) is 4.18 Å². The summed E-state index contributed by atoms with van der Waals surface area (Å²) in [5.41, 5.74) is -0.154. The summed E-state index contributed by atoms with van der Waals surface area (Å²) >= 11 is 0. The minimum atomic E-state index is -3.08. The Morgan fingerprint density at radius 3 is 2.69 bits per heavy atom. The van der Waals surface area contributed by atoms with Crippen LogP contribution in [0, 0.1) is 17.1 Å². The maximum atomic E-state index is 12.5. The van der Waals surface area contributed by atoms with Gasteiger partial charge in [-0.15, -0.1) is 0 Å². The molecule has 0 radical (unpaired) electrons. The number of rotatable bonds is 2. The maximum Gasteiger partial charge on any atom is 0.299 e. The molecular weight excluding hydrogens is 197 g/mol. The van der Waals surface area contributed by atoms with Crippen molar-refractivity contribution in [3.63, 3.8) is 0 Å². The lowest BCUT2D eigenvalue weighted by atomic mass is 10.2. The van der Waals surface area contributed by atoms with E-state index in [9.17, 15) is 12.8 Å². The van der Waals surface area contributed by atoms with E-state index in [1.54, 1.807) is 6.07 Å². The summed E-state index contributed by atoms with van der Waals surface area (Å²) in [6.45, 7) is 0. The van der Waals surface area contributed by atoms with Crippen molar-refractivity contribution in [3.05, 3.63) is 29.6 Å². The zero-order valence-electron chi connectivity index (χ0n) is 6.23. The lowest BCUT2D eigenvalue weighted by Gasteiger charge is -1.99. The lowest BCUT2D eigenvalue weighted by Crippen LogP contribution is -1.93. The highest BCUT2D eigenvalue weighted by Crippen LogP contribution is 2.18. The van der Waals surface area contributed by atoms with Gasteiger partial charge in [-0.3, -0.25) is 0 Å². The van der Waals surface area contributed by atoms with E-state index >= 15 is 0 Å². The molecule has 0 atom stereocenters. The Morgan fingerprint density at radius 1 is 1.46 bits per heavy atom. The van der Waals surface area contributed by atoms with Gasteiger partial charge in [0.1, 0.15) is 11.9 Å². The highest BCUT2D eigenvalue weighted by Gasteiger charge is 2.04. The average Bonchev–Trinajstić information content (AvgIpc) is 2.07. The largest absolute Gasteiger partial charge is 0.383 e. The van der Waals surface area contributed by atoms with Crippen LogP contribution in [0.4, 0.5) is 4.39 Å². The molecule has 0 aliphatic rings. The van der Waals surface area contributed by atoms with E-state index in [1.807, 2.05) is 0 Å². The maximum absolute atomic E-state index is 12.5. The minimum Gasteiger partial charge on any atom is -0.383 e. The van der Waals surface area contributed by atoms with Crippen LogP contribution in [0.15, 0.2) is 18.2 Å². The number of nitriles is 1. The van der Waals surface area contributed by atoms with Crippen LogP contribution in [0.25, 0.3) is 0 Å². The van der Waals surface area contributed by atoms with Crippen molar-refractivity contribution >= 4 is 11.0 Å². The van der Waals surface area contributed by atoms with Gasteiger partial charge in [0, 0.05) is 0 Å². The molecule has 0 aliphatic carbocycles. The molecule has 6 heteroatoms. The first kappa shape index (κ1) is 9.48. The van der Waals surface area contributed by atoms with Crippen molar-refractivity contribution in [3.8, 4) is 11.8 Å². The van der Waals surface area contributed by atoms with E-state index in [0.29, 0.717) is 0 Å². The van der Waals surface area contributed by atoms with Gasteiger partial charge < -0.3 is 4.18 Å². The first-order chi connectivity index (χ1) is 6.13. The molecule has 0 N–H and O–H groups in total. The normalized spacial score (nSPS) is 9.62. The highest BCUT2D eigenvalue weighted by molar-refractivity contribution is 7.67. The second-order valence-electron chi connectivity index (χ2n) is 2.07. The third-order valence-electron chi connectivity index (χ3n) is 1.23. The van der Waals surface area contributed by atoms with Crippen LogP contribution in [-0.2, 0) is 11.0 Å². The van der Waals surface area contributed by atoms with Gasteiger partial charge in [0.2, 0.25) is 0 Å². The molecule has 13 heavy (non-hydrogen) atoms. The van der Waals surface area contributed by atoms with Crippen molar-refractivity contribution < 1.29 is 17.0 Å². The summed E-state index contributed by atoms with van der Waals surface area (Å²) in [7, 11) is -3.08. The fourth-order valence-corrected chi connectivity index (χ4v) is 1.07. The Balaban J connectivity index is 3.15. The van der Waals surface area contributed by atoms with Crippen LogP contribution < -0.4 is 4.18 Å². The summed E-state index contributed by atoms with van der Waals surface area (Å²) in [6.07, 6.45) is 0. The Kier molecular flexibility index (Phi) is 2.82. The number of hydrogen-bond acceptors (Lipinski definition) is 4. The van der Waals surface area contributed by atoms with Crippen molar-refractivity contribution in [2.45, 2.75) is 0 Å². The lowest BCUT2D eigenvalue weighted by molar-refractivity contribution is 0.508. The molecule has 68 valence electrons. The molecule has 0 saturated heterocycles. The molecule has 0 spiro atoms. The van der Waals surface area contributed by atoms with Gasteiger partial charge in [0.15, 0.2) is 5.75 Å². The van der Waals surface area contributed by atoms with E-state index in [1.165, 1.54) is 0 Å². The first-order valence-electron chi connectivity index (χ1n) is 3.15. The summed E-state index contributed by atoms with van der Waals surface area (Å²) in [5.74, 6) is -0.787. The van der Waals surface area contributed by atoms with E-state index in [0.717, 1.165) is 18.2 Å². The van der Waals surface area contributed by atoms with Crippen LogP contribution in [0.5, 0.6) is 5.75 Å². The minimum absolute atomic E-state index is 0.154. The summed E-state index contributed by atoms with van der Waals surface area (Å²) in [6, 6.07) is 4.60. The number of nitrogens with zero attached hydrogens (tertiary/aromatic N) is 1. The standard InChI is InChI=1S/C7H4FNO3S/c8-6-1-2-7(12-13(10)11)5(3-6)4-9/h1-3,13H. The van der Waals surface area contributed by atoms with Gasteiger partial charge in [-0.05, 0) is 18.2 Å². The van der Waals surface area contributed by atoms with E-state index in [-0.39, 0.29) is 11.3 Å². The van der Waals surface area contributed by atoms with Crippen molar-refractivity contribution in [1.82, 2.24) is 0 Å². The number of benzene rings is 1. The second kappa shape index (κ2) is 3.87. The predicted molar refractivity (Wildman–Crippen MR) is 42.1 cm³/mol.